The van der Waals surface area contributed by atoms with Crippen LogP contribution in [0.2, 0.25) is 0 Å². The Morgan fingerprint density at radius 1 is 1.50 bits per heavy atom. The predicted molar refractivity (Wildman–Crippen MR) is 62.4 cm³/mol. The highest BCUT2D eigenvalue weighted by atomic mass is 35.5. The van der Waals surface area contributed by atoms with Crippen LogP contribution in [0.4, 0.5) is 5.13 Å². The molecule has 2 atom stereocenters. The molecule has 0 aromatic carbocycles. The van der Waals surface area contributed by atoms with Gasteiger partial charge in [0.1, 0.15) is 0 Å². The summed E-state index contributed by atoms with van der Waals surface area (Å²) in [5.41, 5.74) is 1.08. The topological polar surface area (TPSA) is 24.9 Å². The van der Waals surface area contributed by atoms with Crippen LogP contribution in [0.15, 0.2) is 5.38 Å². The smallest absolute Gasteiger partial charge is 0.183 e. The molecular formula is C10H15ClN2S. The van der Waals surface area contributed by atoms with Gasteiger partial charge >= 0.3 is 0 Å². The molecule has 1 aliphatic rings. The number of nitrogens with one attached hydrogen (secondary N) is 1. The number of nitrogens with zero attached hydrogens (tertiary/aromatic N) is 1. The first-order valence-electron chi connectivity index (χ1n) is 5.08. The number of halogens is 1. The zero-order valence-electron chi connectivity index (χ0n) is 8.29. The Kier molecular flexibility index (Phi) is 3.29. The van der Waals surface area contributed by atoms with E-state index in [1.165, 1.54) is 19.3 Å². The summed E-state index contributed by atoms with van der Waals surface area (Å²) in [6.07, 6.45) is 4.85. The first-order chi connectivity index (χ1) is 6.75. The summed E-state index contributed by atoms with van der Waals surface area (Å²) in [4.78, 5) is 4.39. The van der Waals surface area contributed by atoms with Gasteiger partial charge in [0.2, 0.25) is 0 Å². The van der Waals surface area contributed by atoms with Crippen LogP contribution in [0.1, 0.15) is 31.4 Å². The van der Waals surface area contributed by atoms with Crippen molar-refractivity contribution in [3.63, 3.8) is 0 Å². The highest BCUT2D eigenvalue weighted by Crippen LogP contribution is 2.27. The van der Waals surface area contributed by atoms with Crippen molar-refractivity contribution in [3.8, 4) is 0 Å². The van der Waals surface area contributed by atoms with Crippen molar-refractivity contribution in [2.45, 2.75) is 44.0 Å². The summed E-state index contributed by atoms with van der Waals surface area (Å²) in [6, 6.07) is 0.413. The molecule has 1 aromatic rings. The number of anilines is 1. The monoisotopic (exact) mass is 230 g/mol. The SMILES string of the molecule is Cc1csc(NC2CCCCC2Cl)n1. The molecule has 78 valence electrons. The van der Waals surface area contributed by atoms with E-state index in [0.717, 1.165) is 17.2 Å². The Bertz CT molecular complexity index is 300. The number of hydrogen-bond donors (Lipinski definition) is 1. The summed E-state index contributed by atoms with van der Waals surface area (Å²) >= 11 is 7.92. The summed E-state index contributed by atoms with van der Waals surface area (Å²) in [7, 11) is 0. The molecule has 0 bridgehead atoms. The quantitative estimate of drug-likeness (QED) is 0.788. The van der Waals surface area contributed by atoms with Crippen molar-refractivity contribution < 1.29 is 0 Å². The largest absolute Gasteiger partial charge is 0.357 e. The molecule has 0 radical (unpaired) electrons. The Balaban J connectivity index is 1.95. The average Bonchev–Trinajstić information content (AvgIpc) is 2.56. The van der Waals surface area contributed by atoms with Crippen molar-refractivity contribution in [2.75, 3.05) is 5.32 Å². The minimum atomic E-state index is 0.271. The van der Waals surface area contributed by atoms with Gasteiger partial charge in [0.15, 0.2) is 5.13 Å². The van der Waals surface area contributed by atoms with E-state index in [9.17, 15) is 0 Å². The first kappa shape index (κ1) is 10.2. The predicted octanol–water partition coefficient (Wildman–Crippen LogP) is 3.41. The maximum Gasteiger partial charge on any atom is 0.183 e. The molecule has 2 nitrogen and oxygen atoms in total. The number of aromatic nitrogens is 1. The minimum absolute atomic E-state index is 0.271. The summed E-state index contributed by atoms with van der Waals surface area (Å²) in [5.74, 6) is 0. The molecular weight excluding hydrogens is 216 g/mol. The van der Waals surface area contributed by atoms with Gasteiger partial charge in [0, 0.05) is 11.4 Å². The molecule has 0 spiro atoms. The fourth-order valence-corrected chi connectivity index (χ4v) is 2.92. The Labute approximate surface area is 93.7 Å². The molecule has 1 aromatic heterocycles. The normalized spacial score (nSPS) is 27.6. The molecule has 14 heavy (non-hydrogen) atoms. The van der Waals surface area contributed by atoms with Gasteiger partial charge in [0.05, 0.1) is 11.1 Å². The van der Waals surface area contributed by atoms with Gasteiger partial charge in [0.25, 0.3) is 0 Å². The molecule has 0 aliphatic heterocycles. The number of thiazole rings is 1. The molecule has 1 saturated carbocycles. The molecule has 2 unspecified atom stereocenters. The van der Waals surface area contributed by atoms with Crippen molar-refractivity contribution in [1.29, 1.82) is 0 Å². The second-order valence-electron chi connectivity index (χ2n) is 3.85. The van der Waals surface area contributed by atoms with Crippen molar-refractivity contribution in [1.82, 2.24) is 4.98 Å². The van der Waals surface area contributed by atoms with E-state index in [0.29, 0.717) is 6.04 Å². The van der Waals surface area contributed by atoms with Crippen molar-refractivity contribution in [3.05, 3.63) is 11.1 Å². The average molecular weight is 231 g/mol. The third-order valence-corrected chi connectivity index (χ3v) is 4.02. The number of alkyl halides is 1. The molecule has 0 amide bonds. The first-order valence-corrected chi connectivity index (χ1v) is 6.40. The minimum Gasteiger partial charge on any atom is -0.357 e. The lowest BCUT2D eigenvalue weighted by Crippen LogP contribution is -2.32. The Morgan fingerprint density at radius 2 is 2.29 bits per heavy atom. The molecule has 1 aliphatic carbocycles. The van der Waals surface area contributed by atoms with Crippen LogP contribution in [0.3, 0.4) is 0 Å². The number of hydrogen-bond acceptors (Lipinski definition) is 3. The Hall–Kier alpha value is -0.280. The van der Waals surface area contributed by atoms with Crippen LogP contribution in [0.5, 0.6) is 0 Å². The Morgan fingerprint density at radius 3 is 2.93 bits per heavy atom. The molecule has 2 rings (SSSR count). The van der Waals surface area contributed by atoms with Gasteiger partial charge in [-0.3, -0.25) is 0 Å². The maximum absolute atomic E-state index is 6.25. The second kappa shape index (κ2) is 4.49. The molecule has 4 heteroatoms. The molecule has 1 fully saturated rings. The number of rotatable bonds is 2. The van der Waals surface area contributed by atoms with E-state index in [1.807, 2.05) is 6.92 Å². The van der Waals surface area contributed by atoms with Gasteiger partial charge in [-0.25, -0.2) is 4.98 Å². The van der Waals surface area contributed by atoms with E-state index >= 15 is 0 Å². The lowest BCUT2D eigenvalue weighted by Gasteiger charge is -2.27. The fraction of sp³-hybridized carbons (Fsp3) is 0.700. The van der Waals surface area contributed by atoms with Crippen molar-refractivity contribution in [2.24, 2.45) is 0 Å². The van der Waals surface area contributed by atoms with E-state index in [1.54, 1.807) is 11.3 Å². The third-order valence-electron chi connectivity index (χ3n) is 2.61. The van der Waals surface area contributed by atoms with E-state index < -0.39 is 0 Å². The lowest BCUT2D eigenvalue weighted by atomic mass is 9.95. The maximum atomic E-state index is 6.25. The number of aryl methyl sites for hydroxylation is 1. The molecule has 0 saturated heterocycles. The van der Waals surface area contributed by atoms with Crippen LogP contribution in [-0.2, 0) is 0 Å². The lowest BCUT2D eigenvalue weighted by molar-refractivity contribution is 0.469. The van der Waals surface area contributed by atoms with Gasteiger partial charge in [-0.1, -0.05) is 12.8 Å². The standard InChI is InChI=1S/C10H15ClN2S/c1-7-6-14-10(12-7)13-9-5-3-2-4-8(9)11/h6,8-9H,2-5H2,1H3,(H,12,13). The van der Waals surface area contributed by atoms with Gasteiger partial charge in [-0.15, -0.1) is 22.9 Å². The van der Waals surface area contributed by atoms with Crippen LogP contribution in [0.25, 0.3) is 0 Å². The van der Waals surface area contributed by atoms with Crippen LogP contribution in [-0.4, -0.2) is 16.4 Å². The van der Waals surface area contributed by atoms with Crippen LogP contribution >= 0.6 is 22.9 Å². The van der Waals surface area contributed by atoms with Crippen LogP contribution < -0.4 is 5.32 Å². The summed E-state index contributed by atoms with van der Waals surface area (Å²) in [5, 5.41) is 6.78. The zero-order valence-corrected chi connectivity index (χ0v) is 9.87. The highest BCUT2D eigenvalue weighted by molar-refractivity contribution is 7.13. The van der Waals surface area contributed by atoms with E-state index in [2.05, 4.69) is 15.7 Å². The van der Waals surface area contributed by atoms with Gasteiger partial charge in [-0.2, -0.15) is 0 Å². The summed E-state index contributed by atoms with van der Waals surface area (Å²) < 4.78 is 0. The fourth-order valence-electron chi connectivity index (χ4n) is 1.83. The third kappa shape index (κ3) is 2.39. The van der Waals surface area contributed by atoms with E-state index in [4.69, 9.17) is 11.6 Å². The van der Waals surface area contributed by atoms with Gasteiger partial charge < -0.3 is 5.32 Å². The highest BCUT2D eigenvalue weighted by Gasteiger charge is 2.23. The molecule has 1 N–H and O–H groups in total. The van der Waals surface area contributed by atoms with Crippen LogP contribution in [0, 0.1) is 6.92 Å². The van der Waals surface area contributed by atoms with E-state index in [-0.39, 0.29) is 5.38 Å². The summed E-state index contributed by atoms with van der Waals surface area (Å²) in [6.45, 7) is 2.01. The van der Waals surface area contributed by atoms with Crippen molar-refractivity contribution >= 4 is 28.1 Å². The zero-order chi connectivity index (χ0) is 9.97. The molecule has 1 heterocycles. The second-order valence-corrected chi connectivity index (χ2v) is 5.26. The van der Waals surface area contributed by atoms with Gasteiger partial charge in [-0.05, 0) is 19.8 Å².